The largest absolute Gasteiger partial charge is 0.497 e. The Labute approximate surface area is 225 Å². The van der Waals surface area contributed by atoms with Gasteiger partial charge in [-0.05, 0) is 54.6 Å². The van der Waals surface area contributed by atoms with E-state index in [9.17, 15) is 21.6 Å². The number of methoxy groups -OCH3 is 2. The van der Waals surface area contributed by atoms with Crippen LogP contribution < -0.4 is 28.6 Å². The van der Waals surface area contributed by atoms with Gasteiger partial charge in [0, 0.05) is 16.8 Å². The highest BCUT2D eigenvalue weighted by molar-refractivity contribution is 7.92. The molecule has 1 atom stereocenters. The van der Waals surface area contributed by atoms with Crippen molar-refractivity contribution in [2.45, 2.75) is 11.0 Å². The normalized spacial score (nSPS) is 15.2. The number of hydrogen-bond donors (Lipinski definition) is 2. The number of carbonyl (C=O) groups excluding carboxylic acids is 1. The summed E-state index contributed by atoms with van der Waals surface area (Å²) >= 11 is 6.00. The van der Waals surface area contributed by atoms with Crippen LogP contribution in [0.3, 0.4) is 0 Å². The molecule has 0 spiro atoms. The standard InChI is InChI=1S/C24H24ClN3O8S2/c1-34-17-7-11-21(35-2)19(13-17)27-38(32,33)18-8-5-16(6-9-18)26-24(29)23-14-28(37(3,30)31)20-12-15(25)4-10-22(20)36-23/h4-13,23,27H,14H2,1-3H3,(H,26,29)/t23-/m0/s1. The number of nitrogens with zero attached hydrogens (tertiary/aromatic N) is 1. The molecule has 11 nitrogen and oxygen atoms in total. The van der Waals surface area contributed by atoms with E-state index in [1.807, 2.05) is 0 Å². The average molecular weight is 582 g/mol. The SMILES string of the molecule is COc1ccc(OC)c(NS(=O)(=O)c2ccc(NC(=O)[C@@H]3CN(S(C)(=O)=O)c4cc(Cl)ccc4O3)cc2)c1. The molecule has 38 heavy (non-hydrogen) atoms. The van der Waals surface area contributed by atoms with Crippen LogP contribution >= 0.6 is 11.6 Å². The molecule has 14 heteroatoms. The fourth-order valence-corrected chi connectivity index (χ4v) is 5.85. The lowest BCUT2D eigenvalue weighted by molar-refractivity contribution is -0.122. The summed E-state index contributed by atoms with van der Waals surface area (Å²) in [6.45, 7) is -0.267. The number of nitrogens with one attached hydrogen (secondary N) is 2. The number of carbonyl (C=O) groups is 1. The van der Waals surface area contributed by atoms with Crippen LogP contribution in [0.4, 0.5) is 17.1 Å². The number of ether oxygens (including phenoxy) is 3. The summed E-state index contributed by atoms with van der Waals surface area (Å²) in [5.74, 6) is 0.310. The van der Waals surface area contributed by atoms with Gasteiger partial charge in [-0.1, -0.05) is 11.6 Å². The fraction of sp³-hybridized carbons (Fsp3) is 0.208. The van der Waals surface area contributed by atoms with E-state index in [4.69, 9.17) is 25.8 Å². The summed E-state index contributed by atoms with van der Waals surface area (Å²) in [5, 5.41) is 2.94. The molecule has 2 N–H and O–H groups in total. The van der Waals surface area contributed by atoms with Crippen LogP contribution in [0.1, 0.15) is 0 Å². The molecule has 1 heterocycles. The molecule has 0 radical (unpaired) electrons. The van der Waals surface area contributed by atoms with Gasteiger partial charge in [-0.2, -0.15) is 0 Å². The molecular weight excluding hydrogens is 558 g/mol. The van der Waals surface area contributed by atoms with Crippen LogP contribution in [0.25, 0.3) is 0 Å². The van der Waals surface area contributed by atoms with Gasteiger partial charge in [-0.25, -0.2) is 16.8 Å². The van der Waals surface area contributed by atoms with E-state index in [2.05, 4.69) is 10.0 Å². The van der Waals surface area contributed by atoms with E-state index in [1.54, 1.807) is 12.1 Å². The first-order valence-corrected chi connectivity index (χ1v) is 14.7. The number of sulfonamides is 2. The summed E-state index contributed by atoms with van der Waals surface area (Å²) in [4.78, 5) is 12.9. The van der Waals surface area contributed by atoms with E-state index in [1.165, 1.54) is 62.8 Å². The number of anilines is 3. The van der Waals surface area contributed by atoms with Crippen LogP contribution in [0, 0.1) is 0 Å². The molecule has 0 bridgehead atoms. The summed E-state index contributed by atoms with van der Waals surface area (Å²) in [5.41, 5.74) is 0.707. The summed E-state index contributed by atoms with van der Waals surface area (Å²) in [6, 6.07) is 14.6. The lowest BCUT2D eigenvalue weighted by Crippen LogP contribution is -2.48. The van der Waals surface area contributed by atoms with Gasteiger partial charge in [0.1, 0.15) is 17.2 Å². The van der Waals surface area contributed by atoms with Crippen molar-refractivity contribution in [3.05, 3.63) is 65.7 Å². The maximum absolute atomic E-state index is 12.9. The molecule has 0 aliphatic carbocycles. The number of fused-ring (bicyclic) bond motifs is 1. The van der Waals surface area contributed by atoms with Gasteiger partial charge >= 0.3 is 0 Å². The minimum Gasteiger partial charge on any atom is -0.497 e. The quantitative estimate of drug-likeness (QED) is 0.413. The highest BCUT2D eigenvalue weighted by Crippen LogP contribution is 2.37. The minimum atomic E-state index is -4.00. The maximum Gasteiger partial charge on any atom is 0.267 e. The number of halogens is 1. The second-order valence-electron chi connectivity index (χ2n) is 8.20. The van der Waals surface area contributed by atoms with Crippen LogP contribution in [0.15, 0.2) is 65.6 Å². The number of benzene rings is 3. The topological polar surface area (TPSA) is 140 Å². The highest BCUT2D eigenvalue weighted by atomic mass is 35.5. The van der Waals surface area contributed by atoms with Crippen molar-refractivity contribution in [3.63, 3.8) is 0 Å². The molecule has 0 saturated carbocycles. The molecule has 1 aliphatic heterocycles. The summed E-state index contributed by atoms with van der Waals surface area (Å²) < 4.78 is 70.2. The van der Waals surface area contributed by atoms with Crippen molar-refractivity contribution >= 4 is 54.6 Å². The van der Waals surface area contributed by atoms with E-state index < -0.39 is 32.1 Å². The Bertz CT molecular complexity index is 1580. The van der Waals surface area contributed by atoms with E-state index in [-0.39, 0.29) is 34.3 Å². The Hall–Kier alpha value is -3.68. The lowest BCUT2D eigenvalue weighted by atomic mass is 10.2. The first-order chi connectivity index (χ1) is 17.9. The average Bonchev–Trinajstić information content (AvgIpc) is 2.87. The van der Waals surface area contributed by atoms with Crippen molar-refractivity contribution in [2.75, 3.05) is 41.4 Å². The smallest absolute Gasteiger partial charge is 0.267 e. The zero-order valence-corrected chi connectivity index (χ0v) is 22.9. The molecule has 0 saturated heterocycles. The molecule has 4 rings (SSSR count). The molecule has 3 aromatic rings. The third-order valence-corrected chi connectivity index (χ3v) is 8.33. The number of rotatable bonds is 8. The first-order valence-electron chi connectivity index (χ1n) is 11.0. The van der Waals surface area contributed by atoms with E-state index >= 15 is 0 Å². The Morgan fingerprint density at radius 3 is 2.34 bits per heavy atom. The molecule has 1 amide bonds. The predicted molar refractivity (Wildman–Crippen MR) is 143 cm³/mol. The molecule has 0 fully saturated rings. The van der Waals surface area contributed by atoms with Gasteiger partial charge in [0.25, 0.3) is 15.9 Å². The molecule has 202 valence electrons. The van der Waals surface area contributed by atoms with Crippen LogP contribution in [-0.4, -0.2) is 55.9 Å². The Balaban J connectivity index is 1.50. The third-order valence-electron chi connectivity index (χ3n) is 5.57. The zero-order chi connectivity index (χ0) is 27.7. The van der Waals surface area contributed by atoms with E-state index in [0.29, 0.717) is 16.5 Å². The minimum absolute atomic E-state index is 0.0663. The van der Waals surface area contributed by atoms with Gasteiger partial charge in [0.15, 0.2) is 6.10 Å². The van der Waals surface area contributed by atoms with Crippen LogP contribution in [0.5, 0.6) is 17.2 Å². The monoisotopic (exact) mass is 581 g/mol. The van der Waals surface area contributed by atoms with Crippen LogP contribution in [-0.2, 0) is 24.8 Å². The van der Waals surface area contributed by atoms with Crippen molar-refractivity contribution in [3.8, 4) is 17.2 Å². The third kappa shape index (κ3) is 5.90. The lowest BCUT2D eigenvalue weighted by Gasteiger charge is -2.34. The van der Waals surface area contributed by atoms with Gasteiger partial charge < -0.3 is 19.5 Å². The molecular formula is C24H24ClN3O8S2. The van der Waals surface area contributed by atoms with Gasteiger partial charge in [0.2, 0.25) is 10.0 Å². The zero-order valence-electron chi connectivity index (χ0n) is 20.5. The van der Waals surface area contributed by atoms with Gasteiger partial charge in [-0.15, -0.1) is 0 Å². The van der Waals surface area contributed by atoms with Crippen LogP contribution in [0.2, 0.25) is 5.02 Å². The molecule has 3 aromatic carbocycles. The van der Waals surface area contributed by atoms with Gasteiger partial charge in [-0.3, -0.25) is 13.8 Å². The van der Waals surface area contributed by atoms with E-state index in [0.717, 1.165) is 10.6 Å². The number of amides is 1. The Morgan fingerprint density at radius 2 is 1.71 bits per heavy atom. The fourth-order valence-electron chi connectivity index (χ4n) is 3.71. The summed E-state index contributed by atoms with van der Waals surface area (Å²) in [6.07, 6.45) is -0.143. The first kappa shape index (κ1) is 27.4. The number of hydrogen-bond acceptors (Lipinski definition) is 8. The van der Waals surface area contributed by atoms with Crippen molar-refractivity contribution in [1.29, 1.82) is 0 Å². The van der Waals surface area contributed by atoms with Crippen molar-refractivity contribution < 1.29 is 35.8 Å². The second kappa shape index (κ2) is 10.6. The maximum atomic E-state index is 12.9. The predicted octanol–water partition coefficient (Wildman–Crippen LogP) is 3.32. The Kier molecular flexibility index (Phi) is 7.63. The highest BCUT2D eigenvalue weighted by Gasteiger charge is 2.35. The van der Waals surface area contributed by atoms with Crippen molar-refractivity contribution in [1.82, 2.24) is 0 Å². The second-order valence-corrected chi connectivity index (χ2v) is 12.2. The molecule has 1 aliphatic rings. The van der Waals surface area contributed by atoms with Crippen molar-refractivity contribution in [2.24, 2.45) is 0 Å². The Morgan fingerprint density at radius 1 is 1.00 bits per heavy atom. The molecule has 0 aromatic heterocycles. The van der Waals surface area contributed by atoms with Gasteiger partial charge in [0.05, 0.1) is 43.3 Å². The summed E-state index contributed by atoms with van der Waals surface area (Å²) in [7, 11) is -4.86. The molecule has 0 unspecified atom stereocenters.